The van der Waals surface area contributed by atoms with E-state index in [1.807, 2.05) is 6.07 Å². The fraction of sp³-hybridized carbons (Fsp3) is 0.455. The van der Waals surface area contributed by atoms with E-state index in [-0.39, 0.29) is 0 Å². The summed E-state index contributed by atoms with van der Waals surface area (Å²) in [6.45, 7) is 2.03. The lowest BCUT2D eigenvalue weighted by molar-refractivity contribution is 0.510. The van der Waals surface area contributed by atoms with E-state index in [0.29, 0.717) is 0 Å². The Morgan fingerprint density at radius 1 is 1.08 bits per heavy atom. The Hall–Kier alpha value is -0.860. The molecular formula is C11H16N2. The molecule has 1 aromatic rings. The quantitative estimate of drug-likeness (QED) is 0.527. The normalized spacial score (nSPS) is 16.0. The molecule has 1 aromatic carbocycles. The van der Waals surface area contributed by atoms with Gasteiger partial charge in [0.15, 0.2) is 0 Å². The second-order valence-corrected chi connectivity index (χ2v) is 3.66. The first kappa shape index (κ1) is 8.73. The lowest BCUT2D eigenvalue weighted by atomic mass is 10.2. The summed E-state index contributed by atoms with van der Waals surface area (Å²) in [6.07, 6.45) is 2.81. The van der Waals surface area contributed by atoms with E-state index in [2.05, 4.69) is 35.1 Å². The second-order valence-electron chi connectivity index (χ2n) is 3.66. The zero-order valence-corrected chi connectivity index (χ0v) is 7.79. The van der Waals surface area contributed by atoms with E-state index in [9.17, 15) is 0 Å². The maximum absolute atomic E-state index is 3.25. The predicted octanol–water partition coefficient (Wildman–Crippen LogP) is 1.69. The summed E-state index contributed by atoms with van der Waals surface area (Å²) < 4.78 is 0. The topological polar surface area (TPSA) is 24.1 Å². The summed E-state index contributed by atoms with van der Waals surface area (Å²) >= 11 is 0. The standard InChI is InChI=1S/C11H16N2/c1-2-4-10(5-3-1)8-12-13-9-11-6-7-11/h1-5,11-13H,6-9H2. The molecule has 0 heterocycles. The summed E-state index contributed by atoms with van der Waals surface area (Å²) in [7, 11) is 0. The van der Waals surface area contributed by atoms with Gasteiger partial charge in [-0.3, -0.25) is 10.9 Å². The molecule has 1 fully saturated rings. The highest BCUT2D eigenvalue weighted by atomic mass is 15.3. The molecule has 0 radical (unpaired) electrons. The molecule has 0 amide bonds. The van der Waals surface area contributed by atoms with Gasteiger partial charge in [0.05, 0.1) is 0 Å². The second kappa shape index (κ2) is 4.40. The number of hydrazine groups is 1. The van der Waals surface area contributed by atoms with Crippen molar-refractivity contribution in [1.82, 2.24) is 10.9 Å². The van der Waals surface area contributed by atoms with Crippen LogP contribution in [0.4, 0.5) is 0 Å². The molecule has 0 bridgehead atoms. The maximum atomic E-state index is 3.25. The average Bonchev–Trinajstić information content (AvgIpc) is 2.98. The lowest BCUT2D eigenvalue weighted by Gasteiger charge is -2.05. The minimum Gasteiger partial charge on any atom is -0.257 e. The van der Waals surface area contributed by atoms with Gasteiger partial charge in [-0.25, -0.2) is 0 Å². The van der Waals surface area contributed by atoms with E-state index in [1.165, 1.54) is 18.4 Å². The molecule has 0 saturated heterocycles. The van der Waals surface area contributed by atoms with Crippen molar-refractivity contribution < 1.29 is 0 Å². The zero-order valence-electron chi connectivity index (χ0n) is 7.79. The highest BCUT2D eigenvalue weighted by molar-refractivity contribution is 5.13. The van der Waals surface area contributed by atoms with Crippen LogP contribution in [-0.4, -0.2) is 6.54 Å². The number of nitrogens with one attached hydrogen (secondary N) is 2. The highest BCUT2D eigenvalue weighted by Crippen LogP contribution is 2.27. The predicted molar refractivity (Wildman–Crippen MR) is 54.0 cm³/mol. The van der Waals surface area contributed by atoms with Crippen LogP contribution in [0.2, 0.25) is 0 Å². The van der Waals surface area contributed by atoms with Gasteiger partial charge in [-0.05, 0) is 24.3 Å². The molecule has 2 heteroatoms. The molecule has 0 aromatic heterocycles. The summed E-state index contributed by atoms with van der Waals surface area (Å²) in [6, 6.07) is 10.4. The fourth-order valence-electron chi connectivity index (χ4n) is 1.30. The van der Waals surface area contributed by atoms with Crippen molar-refractivity contribution in [3.05, 3.63) is 35.9 Å². The van der Waals surface area contributed by atoms with Crippen LogP contribution in [-0.2, 0) is 6.54 Å². The molecule has 0 aliphatic heterocycles. The van der Waals surface area contributed by atoms with Gasteiger partial charge in [0.25, 0.3) is 0 Å². The van der Waals surface area contributed by atoms with Gasteiger partial charge in [0.1, 0.15) is 0 Å². The molecular weight excluding hydrogens is 160 g/mol. The van der Waals surface area contributed by atoms with Gasteiger partial charge < -0.3 is 0 Å². The van der Waals surface area contributed by atoms with Crippen LogP contribution in [0.15, 0.2) is 30.3 Å². The smallest absolute Gasteiger partial charge is 0.0351 e. The van der Waals surface area contributed by atoms with Gasteiger partial charge in [0.2, 0.25) is 0 Å². The largest absolute Gasteiger partial charge is 0.257 e. The maximum Gasteiger partial charge on any atom is 0.0351 e. The van der Waals surface area contributed by atoms with Crippen LogP contribution in [0, 0.1) is 5.92 Å². The minimum atomic E-state index is 0.910. The van der Waals surface area contributed by atoms with Gasteiger partial charge in [-0.1, -0.05) is 30.3 Å². The van der Waals surface area contributed by atoms with Crippen molar-refractivity contribution in [2.45, 2.75) is 19.4 Å². The summed E-state index contributed by atoms with van der Waals surface area (Å²) in [4.78, 5) is 0. The van der Waals surface area contributed by atoms with Crippen molar-refractivity contribution in [2.24, 2.45) is 5.92 Å². The Kier molecular flexibility index (Phi) is 2.95. The van der Waals surface area contributed by atoms with Crippen LogP contribution in [0.3, 0.4) is 0 Å². The molecule has 1 aliphatic carbocycles. The van der Waals surface area contributed by atoms with Crippen LogP contribution in [0.5, 0.6) is 0 Å². The molecule has 2 nitrogen and oxygen atoms in total. The molecule has 2 rings (SSSR count). The highest BCUT2D eigenvalue weighted by Gasteiger charge is 2.19. The molecule has 1 aliphatic rings. The molecule has 1 saturated carbocycles. The number of hydrogen-bond acceptors (Lipinski definition) is 2. The van der Waals surface area contributed by atoms with Gasteiger partial charge >= 0.3 is 0 Å². The van der Waals surface area contributed by atoms with Crippen LogP contribution in [0.25, 0.3) is 0 Å². The first-order valence-electron chi connectivity index (χ1n) is 4.95. The monoisotopic (exact) mass is 176 g/mol. The van der Waals surface area contributed by atoms with Gasteiger partial charge in [-0.2, -0.15) is 0 Å². The number of rotatable bonds is 5. The fourth-order valence-corrected chi connectivity index (χ4v) is 1.30. The van der Waals surface area contributed by atoms with Crippen molar-refractivity contribution >= 4 is 0 Å². The van der Waals surface area contributed by atoms with E-state index < -0.39 is 0 Å². The van der Waals surface area contributed by atoms with Crippen molar-refractivity contribution in [2.75, 3.05) is 6.54 Å². The van der Waals surface area contributed by atoms with Crippen LogP contribution >= 0.6 is 0 Å². The lowest BCUT2D eigenvalue weighted by Crippen LogP contribution is -2.32. The van der Waals surface area contributed by atoms with E-state index in [1.54, 1.807) is 0 Å². The Morgan fingerprint density at radius 3 is 2.54 bits per heavy atom. The Balaban J connectivity index is 1.61. The zero-order chi connectivity index (χ0) is 8.93. The molecule has 0 unspecified atom stereocenters. The van der Waals surface area contributed by atoms with Crippen LogP contribution in [0.1, 0.15) is 18.4 Å². The SMILES string of the molecule is c1ccc(CNNCC2CC2)cc1. The Bertz CT molecular complexity index is 242. The number of hydrogen-bond donors (Lipinski definition) is 2. The van der Waals surface area contributed by atoms with Crippen molar-refractivity contribution in [3.8, 4) is 0 Å². The number of benzene rings is 1. The first-order valence-corrected chi connectivity index (χ1v) is 4.95. The third-order valence-electron chi connectivity index (χ3n) is 2.35. The third kappa shape index (κ3) is 3.17. The minimum absolute atomic E-state index is 0.910. The van der Waals surface area contributed by atoms with Gasteiger partial charge in [0, 0.05) is 13.1 Å². The summed E-state index contributed by atoms with van der Waals surface area (Å²) in [5, 5.41) is 0. The van der Waals surface area contributed by atoms with Crippen molar-refractivity contribution in [1.29, 1.82) is 0 Å². The molecule has 70 valence electrons. The molecule has 2 N–H and O–H groups in total. The Morgan fingerprint density at radius 2 is 1.85 bits per heavy atom. The molecule has 0 spiro atoms. The van der Waals surface area contributed by atoms with E-state index in [4.69, 9.17) is 0 Å². The average molecular weight is 176 g/mol. The molecule has 0 atom stereocenters. The Labute approximate surface area is 79.3 Å². The van der Waals surface area contributed by atoms with E-state index >= 15 is 0 Å². The first-order chi connectivity index (χ1) is 6.45. The molecule has 13 heavy (non-hydrogen) atoms. The van der Waals surface area contributed by atoms with E-state index in [0.717, 1.165) is 19.0 Å². The van der Waals surface area contributed by atoms with Crippen molar-refractivity contribution in [3.63, 3.8) is 0 Å². The summed E-state index contributed by atoms with van der Waals surface area (Å²) in [5.41, 5.74) is 7.79. The summed E-state index contributed by atoms with van der Waals surface area (Å²) in [5.74, 6) is 0.934. The van der Waals surface area contributed by atoms with Gasteiger partial charge in [-0.15, -0.1) is 0 Å². The van der Waals surface area contributed by atoms with Crippen LogP contribution < -0.4 is 10.9 Å². The third-order valence-corrected chi connectivity index (χ3v) is 2.35.